The van der Waals surface area contributed by atoms with Crippen LogP contribution < -0.4 is 0 Å². The quantitative estimate of drug-likeness (QED) is 0.162. The predicted molar refractivity (Wildman–Crippen MR) is 115 cm³/mol. The molecule has 0 amide bonds. The molecule has 0 heterocycles. The van der Waals surface area contributed by atoms with Crippen molar-refractivity contribution < 1.29 is 0 Å². The first kappa shape index (κ1) is 26.0. The summed E-state index contributed by atoms with van der Waals surface area (Å²) in [5.41, 5.74) is 0. The van der Waals surface area contributed by atoms with Crippen LogP contribution in [0.15, 0.2) is 12.2 Å². The van der Waals surface area contributed by atoms with Crippen LogP contribution in [0, 0.1) is 0 Å². The lowest BCUT2D eigenvalue weighted by Gasteiger charge is -2.01. The molecule has 0 aromatic heterocycles. The van der Waals surface area contributed by atoms with Gasteiger partial charge in [0.1, 0.15) is 0 Å². The fourth-order valence-corrected chi connectivity index (χ4v) is 3.20. The molecule has 0 aliphatic rings. The minimum Gasteiger partial charge on any atom is -0.0885 e. The average molecular weight is 339 g/mol. The lowest BCUT2D eigenvalue weighted by atomic mass is 10.1. The van der Waals surface area contributed by atoms with Gasteiger partial charge in [0.25, 0.3) is 0 Å². The molecular weight excluding hydrogens is 288 g/mol. The van der Waals surface area contributed by atoms with E-state index in [1.54, 1.807) is 0 Å². The zero-order valence-electron chi connectivity index (χ0n) is 16.6. The molecule has 0 nitrogen and oxygen atoms in total. The number of hydrogen-bond donors (Lipinski definition) is 0. The molecule has 0 unspecified atom stereocenters. The monoisotopic (exact) mass is 338 g/mol. The molecule has 0 N–H and O–H groups in total. The van der Waals surface area contributed by atoms with E-state index >= 15 is 0 Å². The van der Waals surface area contributed by atoms with Crippen LogP contribution in [0.25, 0.3) is 0 Å². The predicted octanol–water partition coefficient (Wildman–Crippen LogP) is 9.63. The Morgan fingerprint density at radius 1 is 0.375 bits per heavy atom. The van der Waals surface area contributed by atoms with Gasteiger partial charge in [0, 0.05) is 0 Å². The third-order valence-corrected chi connectivity index (χ3v) is 4.87. The van der Waals surface area contributed by atoms with Crippen molar-refractivity contribution in [2.24, 2.45) is 0 Å². The minimum atomic E-state index is 0. The Morgan fingerprint density at radius 3 is 0.917 bits per heavy atom. The Kier molecular flexibility index (Phi) is 27.0. The van der Waals surface area contributed by atoms with Gasteiger partial charge in [0.15, 0.2) is 0 Å². The van der Waals surface area contributed by atoms with E-state index in [4.69, 9.17) is 0 Å². The van der Waals surface area contributed by atoms with Gasteiger partial charge in [-0.3, -0.25) is 0 Å². The van der Waals surface area contributed by atoms with Crippen LogP contribution >= 0.6 is 0 Å². The largest absolute Gasteiger partial charge is 0.0885 e. The standard InChI is InChI=1S/C23H46.CH4/c1-3-5-7-9-11-13-15-17-19-21-23-22-20-18-16-14-12-10-8-6-4-2;/h17,19H,3-16,18,20-23H2,1-2H3;1H4. The Bertz CT molecular complexity index is 216. The summed E-state index contributed by atoms with van der Waals surface area (Å²) in [6.45, 7) is 4.58. The maximum absolute atomic E-state index is 2.43. The number of hydrogen-bond acceptors (Lipinski definition) is 0. The molecule has 0 aromatic carbocycles. The molecule has 0 bridgehead atoms. The molecule has 0 aromatic rings. The molecule has 0 heteroatoms. The molecular formula is C24H50. The van der Waals surface area contributed by atoms with Gasteiger partial charge in [-0.25, -0.2) is 0 Å². The first-order valence-corrected chi connectivity index (χ1v) is 11.1. The maximum atomic E-state index is 2.43. The van der Waals surface area contributed by atoms with Crippen molar-refractivity contribution in [2.75, 3.05) is 0 Å². The molecule has 0 saturated heterocycles. The molecule has 0 saturated carbocycles. The van der Waals surface area contributed by atoms with Gasteiger partial charge in [0.2, 0.25) is 0 Å². The van der Waals surface area contributed by atoms with Crippen molar-refractivity contribution in [3.8, 4) is 0 Å². The van der Waals surface area contributed by atoms with Gasteiger partial charge in [-0.05, 0) is 25.7 Å². The Labute approximate surface area is 155 Å². The molecule has 0 fully saturated rings. The molecule has 0 atom stereocenters. The van der Waals surface area contributed by atoms with E-state index in [-0.39, 0.29) is 7.43 Å². The van der Waals surface area contributed by atoms with Crippen LogP contribution in [0.3, 0.4) is 0 Å². The summed E-state index contributed by atoms with van der Waals surface area (Å²) in [7, 11) is 0. The van der Waals surface area contributed by atoms with Crippen LogP contribution in [0.2, 0.25) is 0 Å². The van der Waals surface area contributed by atoms with Crippen LogP contribution in [-0.2, 0) is 0 Å². The van der Waals surface area contributed by atoms with E-state index in [1.807, 2.05) is 0 Å². The highest BCUT2D eigenvalue weighted by molar-refractivity contribution is 4.81. The summed E-state index contributed by atoms with van der Waals surface area (Å²) >= 11 is 0. The summed E-state index contributed by atoms with van der Waals surface area (Å²) in [5, 5.41) is 0. The van der Waals surface area contributed by atoms with E-state index in [2.05, 4.69) is 26.0 Å². The van der Waals surface area contributed by atoms with Crippen LogP contribution in [-0.4, -0.2) is 0 Å². The zero-order valence-corrected chi connectivity index (χ0v) is 16.6. The summed E-state index contributed by atoms with van der Waals surface area (Å²) in [6.07, 6.45) is 31.9. The van der Waals surface area contributed by atoms with E-state index in [0.717, 1.165) is 0 Å². The fourth-order valence-electron chi connectivity index (χ4n) is 3.20. The SMILES string of the molecule is C.CCCCCCCCC=CCCCCCCCCCCCCC. The minimum absolute atomic E-state index is 0. The van der Waals surface area contributed by atoms with Gasteiger partial charge < -0.3 is 0 Å². The van der Waals surface area contributed by atoms with Crippen LogP contribution in [0.5, 0.6) is 0 Å². The van der Waals surface area contributed by atoms with Crippen molar-refractivity contribution in [3.63, 3.8) is 0 Å². The fraction of sp³-hybridized carbons (Fsp3) is 0.917. The third kappa shape index (κ3) is 24.0. The summed E-state index contributed by atoms with van der Waals surface area (Å²) in [6, 6.07) is 0. The molecule has 0 radical (unpaired) electrons. The first-order chi connectivity index (χ1) is 11.4. The second-order valence-electron chi connectivity index (χ2n) is 7.35. The molecule has 24 heavy (non-hydrogen) atoms. The topological polar surface area (TPSA) is 0 Å². The Balaban J connectivity index is 0. The second kappa shape index (κ2) is 25.0. The van der Waals surface area contributed by atoms with Gasteiger partial charge >= 0.3 is 0 Å². The van der Waals surface area contributed by atoms with Gasteiger partial charge in [0.05, 0.1) is 0 Å². The van der Waals surface area contributed by atoms with E-state index in [0.29, 0.717) is 0 Å². The highest BCUT2D eigenvalue weighted by Crippen LogP contribution is 2.12. The van der Waals surface area contributed by atoms with Crippen molar-refractivity contribution in [2.45, 2.75) is 143 Å². The average Bonchev–Trinajstić information content (AvgIpc) is 2.57. The van der Waals surface area contributed by atoms with E-state index in [9.17, 15) is 0 Å². The highest BCUT2D eigenvalue weighted by atomic mass is 14.0. The first-order valence-electron chi connectivity index (χ1n) is 11.1. The number of unbranched alkanes of at least 4 members (excludes halogenated alkanes) is 17. The summed E-state index contributed by atoms with van der Waals surface area (Å²) in [5.74, 6) is 0. The highest BCUT2D eigenvalue weighted by Gasteiger charge is 1.92. The lowest BCUT2D eigenvalue weighted by Crippen LogP contribution is -1.82. The lowest BCUT2D eigenvalue weighted by molar-refractivity contribution is 0.550. The normalized spacial score (nSPS) is 11.1. The van der Waals surface area contributed by atoms with Crippen molar-refractivity contribution in [1.29, 1.82) is 0 Å². The Morgan fingerprint density at radius 2 is 0.625 bits per heavy atom. The van der Waals surface area contributed by atoms with Crippen molar-refractivity contribution in [1.82, 2.24) is 0 Å². The van der Waals surface area contributed by atoms with Crippen LogP contribution in [0.1, 0.15) is 143 Å². The van der Waals surface area contributed by atoms with Gasteiger partial charge in [-0.15, -0.1) is 0 Å². The summed E-state index contributed by atoms with van der Waals surface area (Å²) in [4.78, 5) is 0. The second-order valence-corrected chi connectivity index (χ2v) is 7.35. The molecule has 0 rings (SSSR count). The Hall–Kier alpha value is -0.260. The van der Waals surface area contributed by atoms with Gasteiger partial charge in [-0.1, -0.05) is 130 Å². The van der Waals surface area contributed by atoms with Gasteiger partial charge in [-0.2, -0.15) is 0 Å². The molecule has 146 valence electrons. The smallest absolute Gasteiger partial charge is 0.0351 e. The van der Waals surface area contributed by atoms with E-state index in [1.165, 1.54) is 122 Å². The van der Waals surface area contributed by atoms with Crippen molar-refractivity contribution in [3.05, 3.63) is 12.2 Å². The van der Waals surface area contributed by atoms with Crippen LogP contribution in [0.4, 0.5) is 0 Å². The van der Waals surface area contributed by atoms with E-state index < -0.39 is 0 Å². The maximum Gasteiger partial charge on any atom is -0.0351 e. The molecule has 0 spiro atoms. The number of allylic oxidation sites excluding steroid dienone is 2. The molecule has 0 aliphatic heterocycles. The number of rotatable bonds is 19. The summed E-state index contributed by atoms with van der Waals surface area (Å²) < 4.78 is 0. The zero-order chi connectivity index (χ0) is 16.8. The van der Waals surface area contributed by atoms with Crippen molar-refractivity contribution >= 4 is 0 Å². The third-order valence-electron chi connectivity index (χ3n) is 4.87. The molecule has 0 aliphatic carbocycles.